The normalized spacial score (nSPS) is 13.8. The first-order chi connectivity index (χ1) is 16.5. The molecule has 34 heavy (non-hydrogen) atoms. The van der Waals surface area contributed by atoms with Crippen LogP contribution in [0.25, 0.3) is 0 Å². The summed E-state index contributed by atoms with van der Waals surface area (Å²) in [6, 6.07) is 18.7. The van der Waals surface area contributed by atoms with Crippen molar-refractivity contribution in [2.45, 2.75) is 0 Å². The van der Waals surface area contributed by atoms with Crippen LogP contribution in [0.5, 0.6) is 17.4 Å². The molecule has 1 saturated heterocycles. The number of carbonyl (C=O) groups is 1. The van der Waals surface area contributed by atoms with Crippen LogP contribution in [0.3, 0.4) is 0 Å². The number of carbonyl (C=O) groups excluding carboxylic acids is 1. The van der Waals surface area contributed by atoms with Gasteiger partial charge in [0, 0.05) is 55.8 Å². The quantitative estimate of drug-likeness (QED) is 0.480. The van der Waals surface area contributed by atoms with Crippen LogP contribution in [0.2, 0.25) is 0 Å². The van der Waals surface area contributed by atoms with E-state index in [9.17, 15) is 4.79 Å². The number of hydrogen-bond acceptors (Lipinski definition) is 7. The number of nitrogens with zero attached hydrogens (tertiary/aromatic N) is 3. The lowest BCUT2D eigenvalue weighted by atomic mass is 10.2. The molecule has 0 unspecified atom stereocenters. The van der Waals surface area contributed by atoms with Gasteiger partial charge in [0.25, 0.3) is 0 Å². The molecule has 2 N–H and O–H groups in total. The standard InChI is InChI=1S/C26H29N5O3/c1-4-25(32)27-19-7-5-8-21(17-19)34-26-10-6-9-24(29-26)28-22-12-11-20(18-23(22)33-3)31-15-13-30(2)14-16-31/h4-12,17-18H,1,13-16H2,2-3H3,(H,27,32)(H,28,29). The van der Waals surface area contributed by atoms with Gasteiger partial charge >= 0.3 is 0 Å². The van der Waals surface area contributed by atoms with Crippen LogP contribution in [-0.4, -0.2) is 56.1 Å². The van der Waals surface area contributed by atoms with Crippen molar-refractivity contribution in [2.75, 3.05) is 55.9 Å². The maximum absolute atomic E-state index is 11.5. The van der Waals surface area contributed by atoms with Crippen molar-refractivity contribution >= 4 is 28.8 Å². The van der Waals surface area contributed by atoms with E-state index in [2.05, 4.69) is 51.2 Å². The molecule has 0 radical (unpaired) electrons. The Morgan fingerprint density at radius 1 is 1.06 bits per heavy atom. The predicted octanol–water partition coefficient (Wildman–Crippen LogP) is 4.50. The van der Waals surface area contributed by atoms with E-state index in [1.807, 2.05) is 18.2 Å². The van der Waals surface area contributed by atoms with Gasteiger partial charge in [0.05, 0.1) is 12.8 Å². The molecule has 176 valence electrons. The van der Waals surface area contributed by atoms with Gasteiger partial charge in [0.1, 0.15) is 17.3 Å². The number of piperazine rings is 1. The van der Waals surface area contributed by atoms with Gasteiger partial charge in [-0.2, -0.15) is 4.98 Å². The minimum absolute atomic E-state index is 0.283. The number of nitrogens with one attached hydrogen (secondary N) is 2. The van der Waals surface area contributed by atoms with Gasteiger partial charge in [-0.05, 0) is 43.5 Å². The van der Waals surface area contributed by atoms with Crippen LogP contribution in [0, 0.1) is 0 Å². The predicted molar refractivity (Wildman–Crippen MR) is 136 cm³/mol. The summed E-state index contributed by atoms with van der Waals surface area (Å²) in [5.74, 6) is 2.06. The highest BCUT2D eigenvalue weighted by Gasteiger charge is 2.16. The Morgan fingerprint density at radius 2 is 1.85 bits per heavy atom. The minimum atomic E-state index is -0.283. The summed E-state index contributed by atoms with van der Waals surface area (Å²) < 4.78 is 11.6. The summed E-state index contributed by atoms with van der Waals surface area (Å²) in [5.41, 5.74) is 2.57. The van der Waals surface area contributed by atoms with E-state index in [1.165, 1.54) is 6.08 Å². The van der Waals surface area contributed by atoms with Crippen LogP contribution >= 0.6 is 0 Å². The van der Waals surface area contributed by atoms with Crippen molar-refractivity contribution in [1.82, 2.24) is 9.88 Å². The molecule has 2 heterocycles. The van der Waals surface area contributed by atoms with Crippen molar-refractivity contribution in [3.63, 3.8) is 0 Å². The second-order valence-electron chi connectivity index (χ2n) is 7.98. The second kappa shape index (κ2) is 10.7. The van der Waals surface area contributed by atoms with Gasteiger partial charge in [-0.25, -0.2) is 0 Å². The van der Waals surface area contributed by atoms with E-state index in [1.54, 1.807) is 37.4 Å². The van der Waals surface area contributed by atoms with E-state index in [-0.39, 0.29) is 5.91 Å². The number of anilines is 4. The lowest BCUT2D eigenvalue weighted by Crippen LogP contribution is -2.44. The zero-order valence-corrected chi connectivity index (χ0v) is 19.5. The molecule has 4 rings (SSSR count). The first-order valence-electron chi connectivity index (χ1n) is 11.1. The second-order valence-corrected chi connectivity index (χ2v) is 7.98. The van der Waals surface area contributed by atoms with Gasteiger partial charge < -0.3 is 29.9 Å². The Hall–Kier alpha value is -4.04. The van der Waals surface area contributed by atoms with Gasteiger partial charge in [0.15, 0.2) is 0 Å². The maximum Gasteiger partial charge on any atom is 0.247 e. The molecule has 8 heteroatoms. The van der Waals surface area contributed by atoms with E-state index >= 15 is 0 Å². The van der Waals surface area contributed by atoms with E-state index in [4.69, 9.17) is 9.47 Å². The number of rotatable bonds is 8. The monoisotopic (exact) mass is 459 g/mol. The molecule has 1 fully saturated rings. The Kier molecular flexibility index (Phi) is 7.29. The molecule has 1 amide bonds. The average Bonchev–Trinajstić information content (AvgIpc) is 2.85. The number of methoxy groups -OCH3 is 1. The summed E-state index contributed by atoms with van der Waals surface area (Å²) >= 11 is 0. The molecule has 3 aromatic rings. The van der Waals surface area contributed by atoms with E-state index in [0.717, 1.165) is 43.3 Å². The van der Waals surface area contributed by atoms with Crippen LogP contribution in [0.15, 0.2) is 73.3 Å². The molecule has 1 aliphatic rings. The summed E-state index contributed by atoms with van der Waals surface area (Å²) in [4.78, 5) is 20.8. The van der Waals surface area contributed by atoms with Crippen LogP contribution in [-0.2, 0) is 4.79 Å². The van der Waals surface area contributed by atoms with E-state index in [0.29, 0.717) is 23.1 Å². The number of ether oxygens (including phenoxy) is 2. The first kappa shape index (κ1) is 23.1. The highest BCUT2D eigenvalue weighted by molar-refractivity contribution is 5.98. The first-order valence-corrected chi connectivity index (χ1v) is 11.1. The van der Waals surface area contributed by atoms with Gasteiger partial charge in [0.2, 0.25) is 11.8 Å². The number of amides is 1. The van der Waals surface area contributed by atoms with Crippen molar-refractivity contribution in [2.24, 2.45) is 0 Å². The topological polar surface area (TPSA) is 79.0 Å². The average molecular weight is 460 g/mol. The fourth-order valence-electron chi connectivity index (χ4n) is 3.68. The van der Waals surface area contributed by atoms with Crippen LogP contribution in [0.1, 0.15) is 0 Å². The largest absolute Gasteiger partial charge is 0.494 e. The SMILES string of the molecule is C=CC(=O)Nc1cccc(Oc2cccc(Nc3ccc(N4CCN(C)CC4)cc3OC)n2)c1. The highest BCUT2D eigenvalue weighted by Crippen LogP contribution is 2.33. The minimum Gasteiger partial charge on any atom is -0.494 e. The van der Waals surface area contributed by atoms with Crippen LogP contribution < -0.4 is 25.0 Å². The van der Waals surface area contributed by atoms with Crippen LogP contribution in [0.4, 0.5) is 22.9 Å². The Labute approximate surface area is 199 Å². The lowest BCUT2D eigenvalue weighted by molar-refractivity contribution is -0.111. The Morgan fingerprint density at radius 3 is 2.62 bits per heavy atom. The summed E-state index contributed by atoms with van der Waals surface area (Å²) in [6.07, 6.45) is 1.22. The van der Waals surface area contributed by atoms with E-state index < -0.39 is 0 Å². The third-order valence-electron chi connectivity index (χ3n) is 5.55. The number of pyridine rings is 1. The molecular formula is C26H29N5O3. The van der Waals surface area contributed by atoms with Crippen molar-refractivity contribution in [3.8, 4) is 17.4 Å². The number of likely N-dealkylation sites (N-methyl/N-ethyl adjacent to an activating group) is 1. The van der Waals surface area contributed by atoms with Crippen molar-refractivity contribution < 1.29 is 14.3 Å². The third kappa shape index (κ3) is 5.85. The molecule has 1 aromatic heterocycles. The number of benzene rings is 2. The molecule has 0 saturated carbocycles. The van der Waals surface area contributed by atoms with Crippen molar-refractivity contribution in [3.05, 3.63) is 73.3 Å². The molecule has 0 spiro atoms. The zero-order valence-electron chi connectivity index (χ0n) is 19.5. The molecule has 0 aliphatic carbocycles. The van der Waals surface area contributed by atoms with Gasteiger partial charge in [-0.3, -0.25) is 4.79 Å². The molecule has 0 bridgehead atoms. The highest BCUT2D eigenvalue weighted by atomic mass is 16.5. The summed E-state index contributed by atoms with van der Waals surface area (Å²) in [7, 11) is 3.81. The van der Waals surface area contributed by atoms with Gasteiger partial charge in [-0.15, -0.1) is 0 Å². The van der Waals surface area contributed by atoms with Crippen molar-refractivity contribution in [1.29, 1.82) is 0 Å². The Bertz CT molecular complexity index is 1160. The number of aromatic nitrogens is 1. The fourth-order valence-corrected chi connectivity index (χ4v) is 3.68. The fraction of sp³-hybridized carbons (Fsp3) is 0.231. The molecule has 8 nitrogen and oxygen atoms in total. The molecule has 1 aliphatic heterocycles. The third-order valence-corrected chi connectivity index (χ3v) is 5.55. The zero-order chi connectivity index (χ0) is 23.9. The molecule has 0 atom stereocenters. The smallest absolute Gasteiger partial charge is 0.247 e. The molecule has 2 aromatic carbocycles. The number of hydrogen-bond donors (Lipinski definition) is 2. The summed E-state index contributed by atoms with van der Waals surface area (Å²) in [6.45, 7) is 7.53. The van der Waals surface area contributed by atoms with Gasteiger partial charge in [-0.1, -0.05) is 18.7 Å². The lowest BCUT2D eigenvalue weighted by Gasteiger charge is -2.34. The Balaban J connectivity index is 1.46. The summed E-state index contributed by atoms with van der Waals surface area (Å²) in [5, 5.41) is 6.04. The molecular weight excluding hydrogens is 430 g/mol. The maximum atomic E-state index is 11.5.